The van der Waals surface area contributed by atoms with Gasteiger partial charge in [0.15, 0.2) is 11.0 Å². The summed E-state index contributed by atoms with van der Waals surface area (Å²) in [7, 11) is 0. The van der Waals surface area contributed by atoms with E-state index < -0.39 is 23.1 Å². The van der Waals surface area contributed by atoms with E-state index in [1.807, 2.05) is 31.2 Å². The Bertz CT molecular complexity index is 1130. The van der Waals surface area contributed by atoms with E-state index in [-0.39, 0.29) is 5.13 Å². The molecule has 28 heavy (non-hydrogen) atoms. The quantitative estimate of drug-likeness (QED) is 0.508. The van der Waals surface area contributed by atoms with E-state index in [9.17, 15) is 13.6 Å². The fraction of sp³-hybridized carbons (Fsp3) is 0.0500. The van der Waals surface area contributed by atoms with Crippen LogP contribution in [-0.4, -0.2) is 20.9 Å². The SMILES string of the molecule is Cc1cccc(-c2sc(NC(=O)c3c(F)cccc3F)nc2-c2ncc[nH]2)c1. The molecule has 0 aliphatic heterocycles. The number of thiazole rings is 1. The molecule has 2 N–H and O–H groups in total. The van der Waals surface area contributed by atoms with Gasteiger partial charge in [0.2, 0.25) is 0 Å². The molecule has 0 bridgehead atoms. The second-order valence-corrected chi connectivity index (χ2v) is 7.05. The number of aromatic amines is 1. The van der Waals surface area contributed by atoms with Crippen LogP contribution in [0, 0.1) is 18.6 Å². The van der Waals surface area contributed by atoms with Crippen LogP contribution in [0.5, 0.6) is 0 Å². The van der Waals surface area contributed by atoms with Crippen molar-refractivity contribution in [3.05, 3.63) is 77.6 Å². The van der Waals surface area contributed by atoms with E-state index in [0.717, 1.165) is 28.1 Å². The Morgan fingerprint density at radius 1 is 1.14 bits per heavy atom. The van der Waals surface area contributed by atoms with Gasteiger partial charge in [-0.2, -0.15) is 0 Å². The second kappa shape index (κ2) is 7.32. The normalized spacial score (nSPS) is 10.8. The third-order valence-corrected chi connectivity index (χ3v) is 5.06. The molecule has 0 aliphatic rings. The van der Waals surface area contributed by atoms with Gasteiger partial charge in [0.1, 0.15) is 22.9 Å². The number of hydrogen-bond acceptors (Lipinski definition) is 4. The van der Waals surface area contributed by atoms with Gasteiger partial charge in [0, 0.05) is 12.4 Å². The van der Waals surface area contributed by atoms with Crippen molar-refractivity contribution in [3.63, 3.8) is 0 Å². The maximum Gasteiger partial charge on any atom is 0.263 e. The number of anilines is 1. The lowest BCUT2D eigenvalue weighted by molar-refractivity contribution is 0.101. The summed E-state index contributed by atoms with van der Waals surface area (Å²) in [4.78, 5) is 24.8. The monoisotopic (exact) mass is 396 g/mol. The Morgan fingerprint density at radius 3 is 2.57 bits per heavy atom. The number of rotatable bonds is 4. The van der Waals surface area contributed by atoms with Crippen molar-refractivity contribution in [1.29, 1.82) is 0 Å². The van der Waals surface area contributed by atoms with Crippen LogP contribution in [0.25, 0.3) is 22.0 Å². The molecule has 5 nitrogen and oxygen atoms in total. The van der Waals surface area contributed by atoms with Crippen molar-refractivity contribution in [3.8, 4) is 22.0 Å². The van der Waals surface area contributed by atoms with Crippen molar-refractivity contribution in [2.24, 2.45) is 0 Å². The van der Waals surface area contributed by atoms with Crippen LogP contribution in [0.3, 0.4) is 0 Å². The number of hydrogen-bond donors (Lipinski definition) is 2. The molecule has 4 aromatic rings. The zero-order valence-electron chi connectivity index (χ0n) is 14.7. The van der Waals surface area contributed by atoms with E-state index in [1.165, 1.54) is 17.4 Å². The number of H-pyrrole nitrogens is 1. The van der Waals surface area contributed by atoms with Crippen molar-refractivity contribution >= 4 is 22.4 Å². The van der Waals surface area contributed by atoms with Gasteiger partial charge in [-0.3, -0.25) is 10.1 Å². The molecule has 8 heteroatoms. The molecule has 0 unspecified atom stereocenters. The molecular weight excluding hydrogens is 382 g/mol. The number of aromatic nitrogens is 3. The number of carbonyl (C=O) groups excluding carboxylic acids is 1. The molecule has 0 aliphatic carbocycles. The maximum atomic E-state index is 13.9. The summed E-state index contributed by atoms with van der Waals surface area (Å²) in [5.74, 6) is -2.23. The standard InChI is InChI=1S/C20H14F2N4OS/c1-11-4-2-5-12(10-11)17-16(18-23-8-9-24-18)25-20(28-17)26-19(27)15-13(21)6-3-7-14(15)22/h2-10H,1H3,(H,23,24)(H,25,26,27). The third-order valence-electron chi connectivity index (χ3n) is 4.04. The minimum Gasteiger partial charge on any atom is -0.343 e. The van der Waals surface area contributed by atoms with Crippen LogP contribution in [0.4, 0.5) is 13.9 Å². The predicted molar refractivity (Wildman–Crippen MR) is 104 cm³/mol. The highest BCUT2D eigenvalue weighted by molar-refractivity contribution is 7.19. The number of halogens is 2. The Hall–Kier alpha value is -3.39. The highest BCUT2D eigenvalue weighted by Gasteiger charge is 2.21. The van der Waals surface area contributed by atoms with Crippen LogP contribution < -0.4 is 5.32 Å². The maximum absolute atomic E-state index is 13.9. The van der Waals surface area contributed by atoms with Crippen LogP contribution in [0.15, 0.2) is 54.9 Å². The van der Waals surface area contributed by atoms with Gasteiger partial charge in [0.05, 0.1) is 4.88 Å². The summed E-state index contributed by atoms with van der Waals surface area (Å²) >= 11 is 1.21. The molecule has 4 rings (SSSR count). The number of benzene rings is 2. The summed E-state index contributed by atoms with van der Waals surface area (Å²) in [6.07, 6.45) is 3.27. The molecule has 1 amide bonds. The fourth-order valence-electron chi connectivity index (χ4n) is 2.79. The summed E-state index contributed by atoms with van der Waals surface area (Å²) in [5, 5.41) is 2.71. The summed E-state index contributed by atoms with van der Waals surface area (Å²) < 4.78 is 27.8. The van der Waals surface area contributed by atoms with Crippen molar-refractivity contribution < 1.29 is 13.6 Å². The minimum atomic E-state index is -0.931. The highest BCUT2D eigenvalue weighted by atomic mass is 32.1. The number of carbonyl (C=O) groups is 1. The van der Waals surface area contributed by atoms with E-state index in [1.54, 1.807) is 12.4 Å². The first-order chi connectivity index (χ1) is 13.5. The molecule has 2 aromatic carbocycles. The Balaban J connectivity index is 1.75. The van der Waals surface area contributed by atoms with Crippen molar-refractivity contribution in [2.75, 3.05) is 5.32 Å². The lowest BCUT2D eigenvalue weighted by Crippen LogP contribution is -2.15. The van der Waals surface area contributed by atoms with Gasteiger partial charge in [-0.05, 0) is 24.6 Å². The van der Waals surface area contributed by atoms with Gasteiger partial charge in [-0.1, -0.05) is 47.2 Å². The molecule has 0 saturated heterocycles. The average Bonchev–Trinajstić information content (AvgIpc) is 3.31. The second-order valence-electron chi connectivity index (χ2n) is 6.05. The first-order valence-electron chi connectivity index (χ1n) is 8.36. The van der Waals surface area contributed by atoms with Crippen molar-refractivity contribution in [2.45, 2.75) is 6.92 Å². The lowest BCUT2D eigenvalue weighted by Gasteiger charge is -2.04. The first-order valence-corrected chi connectivity index (χ1v) is 9.17. The predicted octanol–water partition coefficient (Wildman–Crippen LogP) is 5.04. The largest absolute Gasteiger partial charge is 0.343 e. The molecule has 2 aromatic heterocycles. The summed E-state index contributed by atoms with van der Waals surface area (Å²) in [5.41, 5.74) is 1.87. The highest BCUT2D eigenvalue weighted by Crippen LogP contribution is 2.38. The zero-order chi connectivity index (χ0) is 19.7. The molecule has 0 atom stereocenters. The van der Waals surface area contributed by atoms with E-state index in [4.69, 9.17) is 0 Å². The number of amides is 1. The molecule has 0 fully saturated rings. The minimum absolute atomic E-state index is 0.218. The van der Waals surface area contributed by atoms with Gasteiger partial charge >= 0.3 is 0 Å². The van der Waals surface area contributed by atoms with Crippen molar-refractivity contribution in [1.82, 2.24) is 15.0 Å². The summed E-state index contributed by atoms with van der Waals surface area (Å²) in [6.45, 7) is 1.97. The Labute approximate surface area is 163 Å². The van der Waals surface area contributed by atoms with Crippen LogP contribution in [0.2, 0.25) is 0 Å². The molecule has 0 radical (unpaired) electrons. The number of aryl methyl sites for hydroxylation is 1. The molecule has 2 heterocycles. The average molecular weight is 396 g/mol. The first kappa shape index (κ1) is 18.0. The van der Waals surface area contributed by atoms with E-state index in [0.29, 0.717) is 11.5 Å². The zero-order valence-corrected chi connectivity index (χ0v) is 15.5. The topological polar surface area (TPSA) is 70.7 Å². The Morgan fingerprint density at radius 2 is 1.89 bits per heavy atom. The molecular formula is C20H14F2N4OS. The van der Waals surface area contributed by atoms with Gasteiger partial charge in [-0.15, -0.1) is 0 Å². The third kappa shape index (κ3) is 3.41. The molecule has 0 saturated carbocycles. The lowest BCUT2D eigenvalue weighted by atomic mass is 10.1. The van der Waals surface area contributed by atoms with Gasteiger partial charge in [0.25, 0.3) is 5.91 Å². The summed E-state index contributed by atoms with van der Waals surface area (Å²) in [6, 6.07) is 11.1. The number of imidazole rings is 1. The molecule has 140 valence electrons. The fourth-order valence-corrected chi connectivity index (χ4v) is 3.74. The van der Waals surface area contributed by atoms with E-state index in [2.05, 4.69) is 20.3 Å². The van der Waals surface area contributed by atoms with Gasteiger partial charge in [-0.25, -0.2) is 18.7 Å². The molecule has 0 spiro atoms. The smallest absolute Gasteiger partial charge is 0.263 e. The van der Waals surface area contributed by atoms with Crippen LogP contribution >= 0.6 is 11.3 Å². The van der Waals surface area contributed by atoms with E-state index >= 15 is 0 Å². The number of nitrogens with one attached hydrogen (secondary N) is 2. The number of nitrogens with zero attached hydrogens (tertiary/aromatic N) is 2. The van der Waals surface area contributed by atoms with Crippen LogP contribution in [-0.2, 0) is 0 Å². The van der Waals surface area contributed by atoms with Crippen LogP contribution in [0.1, 0.15) is 15.9 Å². The Kier molecular flexibility index (Phi) is 4.70. The van der Waals surface area contributed by atoms with Gasteiger partial charge < -0.3 is 4.98 Å².